The third-order valence-electron chi connectivity index (χ3n) is 9.98. The van der Waals surface area contributed by atoms with Crippen LogP contribution in [0.15, 0.2) is 48.5 Å². The summed E-state index contributed by atoms with van der Waals surface area (Å²) in [5, 5.41) is 11.2. The summed E-state index contributed by atoms with van der Waals surface area (Å²) in [6, 6.07) is 9.00. The van der Waals surface area contributed by atoms with Crippen LogP contribution in [-0.4, -0.2) is 59.7 Å². The number of pyridine rings is 1. The molecule has 306 valence electrons. The summed E-state index contributed by atoms with van der Waals surface area (Å²) >= 11 is 5.13. The average molecular weight is 862 g/mol. The predicted molar refractivity (Wildman–Crippen MR) is 210 cm³/mol. The fourth-order valence-electron chi connectivity index (χ4n) is 6.88. The SMILES string of the molecule is Cn1nc(N[S+](C)[O-])c2c(Cl)ccc(-c3ccc(C#CC(C)(C)S(=O)(=O)C4CC4)nc3[C@H](Cc3cc(F)cc(F)c3)NC(=O)Cn3nc(C(F)(F)F)cc3C3CC3)c21. The van der Waals surface area contributed by atoms with Crippen molar-refractivity contribution in [1.82, 2.24) is 29.9 Å². The molecule has 7 rings (SSSR count). The number of rotatable bonds is 12. The highest BCUT2D eigenvalue weighted by molar-refractivity contribution is 7.93. The second-order valence-corrected chi connectivity index (χ2v) is 19.3. The first-order chi connectivity index (χ1) is 27.2. The zero-order chi connectivity index (χ0) is 41.9. The van der Waals surface area contributed by atoms with Gasteiger partial charge in [0.05, 0.1) is 44.3 Å². The summed E-state index contributed by atoms with van der Waals surface area (Å²) < 4.78 is 113. The van der Waals surface area contributed by atoms with Gasteiger partial charge in [-0.1, -0.05) is 23.6 Å². The van der Waals surface area contributed by atoms with Gasteiger partial charge in [0.15, 0.2) is 15.5 Å². The number of hydrogen-bond donors (Lipinski definition) is 2. The first-order valence-corrected chi connectivity index (χ1v) is 21.6. The molecule has 3 heterocycles. The number of halogens is 6. The van der Waals surface area contributed by atoms with E-state index in [4.69, 9.17) is 16.6 Å². The van der Waals surface area contributed by atoms with Gasteiger partial charge in [-0.25, -0.2) is 22.2 Å². The zero-order valence-corrected chi connectivity index (χ0v) is 33.9. The lowest BCUT2D eigenvalue weighted by atomic mass is 9.93. The summed E-state index contributed by atoms with van der Waals surface area (Å²) in [5.74, 6) is 3.18. The molecule has 2 fully saturated rings. The van der Waals surface area contributed by atoms with Crippen LogP contribution in [0.5, 0.6) is 0 Å². The van der Waals surface area contributed by atoms with Gasteiger partial charge in [-0.3, -0.25) is 14.2 Å². The molecule has 19 heteroatoms. The van der Waals surface area contributed by atoms with Gasteiger partial charge < -0.3 is 9.87 Å². The van der Waals surface area contributed by atoms with Crippen LogP contribution in [-0.2, 0) is 52.2 Å². The largest absolute Gasteiger partial charge is 0.593 e. The number of aryl methyl sites for hydroxylation is 1. The Morgan fingerprint density at radius 3 is 2.33 bits per heavy atom. The van der Waals surface area contributed by atoms with Crippen molar-refractivity contribution in [3.63, 3.8) is 0 Å². The lowest BCUT2D eigenvalue weighted by molar-refractivity contribution is -0.141. The van der Waals surface area contributed by atoms with Gasteiger partial charge in [0, 0.05) is 35.9 Å². The Labute approximate surface area is 339 Å². The van der Waals surface area contributed by atoms with Crippen LogP contribution < -0.4 is 10.0 Å². The highest BCUT2D eigenvalue weighted by Gasteiger charge is 2.45. The molecule has 0 radical (unpaired) electrons. The summed E-state index contributed by atoms with van der Waals surface area (Å²) in [6.45, 7) is 2.39. The van der Waals surface area contributed by atoms with Gasteiger partial charge >= 0.3 is 6.18 Å². The Kier molecular flexibility index (Phi) is 11.1. The monoisotopic (exact) mass is 861 g/mol. The number of sulfone groups is 1. The molecule has 2 aliphatic rings. The number of benzene rings is 2. The molecule has 1 unspecified atom stereocenters. The first kappa shape index (κ1) is 41.5. The third kappa shape index (κ3) is 8.68. The van der Waals surface area contributed by atoms with Crippen molar-refractivity contribution in [3.05, 3.63) is 93.5 Å². The number of nitrogens with zero attached hydrogens (tertiary/aromatic N) is 5. The number of aromatic nitrogens is 5. The molecule has 0 aliphatic heterocycles. The maximum absolute atomic E-state index is 14.6. The van der Waals surface area contributed by atoms with Crippen LogP contribution in [0.4, 0.5) is 27.8 Å². The molecule has 2 aromatic carbocycles. The Balaban J connectivity index is 1.39. The van der Waals surface area contributed by atoms with E-state index < -0.39 is 73.2 Å². The van der Waals surface area contributed by atoms with E-state index in [2.05, 4.69) is 32.1 Å². The minimum absolute atomic E-state index is 0.0966. The fraction of sp³-hybridized carbons (Fsp3) is 0.385. The van der Waals surface area contributed by atoms with E-state index >= 15 is 0 Å². The van der Waals surface area contributed by atoms with Crippen molar-refractivity contribution < 1.29 is 39.7 Å². The molecule has 5 aromatic rings. The number of carbonyl (C=O) groups is 1. The van der Waals surface area contributed by atoms with Crippen LogP contribution in [0.2, 0.25) is 5.02 Å². The molecule has 2 aliphatic carbocycles. The second kappa shape index (κ2) is 15.5. The lowest BCUT2D eigenvalue weighted by Crippen LogP contribution is -2.34. The Morgan fingerprint density at radius 1 is 1.03 bits per heavy atom. The first-order valence-electron chi connectivity index (χ1n) is 18.1. The number of nitrogens with one attached hydrogen (secondary N) is 2. The standard InChI is InChI=1S/C39H37ClF5N7O4S2/c1-38(2,58(55,56)26-8-9-26)14-13-25-7-10-27(28-11-12-29(40)34-36(28)51(3)49-37(34)50-57(4)54)35(46-25)30(17-21-15-23(41)18-24(42)16-21)47-33(53)20-52-31(22-5-6-22)19-32(48-52)39(43,44)45/h7,10-12,15-16,18-19,22,26,30H,5-6,8-9,17,20H2,1-4H3,(H,47,53)(H,49,50)/t30-,57?/m0/s1. The van der Waals surface area contributed by atoms with Crippen molar-refractivity contribution in [3.8, 4) is 23.0 Å². The number of hydrogen-bond acceptors (Lipinski definition) is 8. The molecule has 2 atom stereocenters. The van der Waals surface area contributed by atoms with Gasteiger partial charge in [-0.15, -0.1) is 0 Å². The number of fused-ring (bicyclic) bond motifs is 1. The molecule has 58 heavy (non-hydrogen) atoms. The quantitative estimate of drug-likeness (QED) is 0.0763. The molecule has 3 aromatic heterocycles. The highest BCUT2D eigenvalue weighted by atomic mass is 35.5. The van der Waals surface area contributed by atoms with Crippen molar-refractivity contribution in [2.45, 2.75) is 80.6 Å². The predicted octanol–water partition coefficient (Wildman–Crippen LogP) is 7.17. The van der Waals surface area contributed by atoms with Crippen molar-refractivity contribution in [2.75, 3.05) is 11.0 Å². The van der Waals surface area contributed by atoms with E-state index in [1.807, 2.05) is 0 Å². The average Bonchev–Trinajstić information content (AvgIpc) is 4.07. The number of amides is 1. The smallest absolute Gasteiger partial charge is 0.435 e. The van der Waals surface area contributed by atoms with Crippen LogP contribution in [0, 0.1) is 23.5 Å². The fourth-order valence-corrected chi connectivity index (χ4v) is 9.32. The van der Waals surface area contributed by atoms with Gasteiger partial charge in [0.1, 0.15) is 34.9 Å². The number of alkyl halides is 3. The Bertz CT molecular complexity index is 2590. The van der Waals surface area contributed by atoms with Gasteiger partial charge in [0.2, 0.25) is 11.7 Å². The van der Waals surface area contributed by atoms with Crippen molar-refractivity contribution >= 4 is 55.4 Å². The number of carbonyl (C=O) groups excluding carboxylic acids is 1. The Morgan fingerprint density at radius 2 is 1.71 bits per heavy atom. The molecule has 11 nitrogen and oxygen atoms in total. The molecule has 2 N–H and O–H groups in total. The zero-order valence-electron chi connectivity index (χ0n) is 31.5. The van der Waals surface area contributed by atoms with Crippen molar-refractivity contribution in [1.29, 1.82) is 0 Å². The molecule has 0 bridgehead atoms. The van der Waals surface area contributed by atoms with E-state index in [1.54, 1.807) is 31.3 Å². The minimum Gasteiger partial charge on any atom is -0.593 e. The van der Waals surface area contributed by atoms with Gasteiger partial charge in [0.25, 0.3) is 0 Å². The van der Waals surface area contributed by atoms with Crippen LogP contribution in [0.3, 0.4) is 0 Å². The van der Waals surface area contributed by atoms with Crippen LogP contribution in [0.25, 0.3) is 22.0 Å². The normalized spacial score (nSPS) is 15.8. The molecular weight excluding hydrogens is 825 g/mol. The summed E-state index contributed by atoms with van der Waals surface area (Å²) in [6.07, 6.45) is -1.25. The summed E-state index contributed by atoms with van der Waals surface area (Å²) in [7, 11) is -1.99. The molecule has 1 amide bonds. The molecular formula is C39H37ClF5N7O4S2. The van der Waals surface area contributed by atoms with Gasteiger partial charge in [-0.05, 0) is 93.8 Å². The third-order valence-corrected chi connectivity index (χ3v) is 13.6. The van der Waals surface area contributed by atoms with E-state index in [1.165, 1.54) is 24.8 Å². The molecule has 0 spiro atoms. The lowest BCUT2D eigenvalue weighted by Gasteiger charge is -2.23. The Hall–Kier alpha value is -4.70. The maximum atomic E-state index is 14.6. The van der Waals surface area contributed by atoms with E-state index in [0.29, 0.717) is 53.8 Å². The summed E-state index contributed by atoms with van der Waals surface area (Å²) in [5.41, 5.74) is 0.715. The molecule has 2 saturated carbocycles. The minimum atomic E-state index is -4.75. The van der Waals surface area contributed by atoms with Crippen molar-refractivity contribution in [2.24, 2.45) is 7.05 Å². The second-order valence-electron chi connectivity index (χ2n) is 15.0. The van der Waals surface area contributed by atoms with Crippen LogP contribution in [0.1, 0.15) is 79.8 Å². The van der Waals surface area contributed by atoms with Crippen LogP contribution >= 0.6 is 11.6 Å². The highest BCUT2D eigenvalue weighted by Crippen LogP contribution is 2.43. The van der Waals surface area contributed by atoms with E-state index in [-0.39, 0.29) is 45.8 Å². The van der Waals surface area contributed by atoms with E-state index in [9.17, 15) is 39.7 Å². The van der Waals surface area contributed by atoms with E-state index in [0.717, 1.165) is 22.9 Å². The topological polar surface area (TPSA) is 147 Å². The molecule has 0 saturated heterocycles. The van der Waals surface area contributed by atoms with Gasteiger partial charge in [-0.2, -0.15) is 28.1 Å². The maximum Gasteiger partial charge on any atom is 0.435 e. The number of anilines is 1. The summed E-state index contributed by atoms with van der Waals surface area (Å²) in [4.78, 5) is 18.8.